The Bertz CT molecular complexity index is 887. The highest BCUT2D eigenvalue weighted by Crippen LogP contribution is 2.24. The Morgan fingerprint density at radius 3 is 2.67 bits per heavy atom. The minimum atomic E-state index is -0.0786. The van der Waals surface area contributed by atoms with Gasteiger partial charge < -0.3 is 19.3 Å². The number of hydrogen-bond donors (Lipinski definition) is 1. The lowest BCUT2D eigenvalue weighted by Crippen LogP contribution is -2.24. The summed E-state index contributed by atoms with van der Waals surface area (Å²) in [5.41, 5.74) is 2.45. The molecule has 6 nitrogen and oxygen atoms in total. The number of rotatable bonds is 8. The van der Waals surface area contributed by atoms with E-state index >= 15 is 0 Å². The predicted molar refractivity (Wildman–Crippen MR) is 102 cm³/mol. The summed E-state index contributed by atoms with van der Waals surface area (Å²) < 4.78 is 16.0. The van der Waals surface area contributed by atoms with Crippen LogP contribution < -0.4 is 14.8 Å². The number of hydrogen-bond acceptors (Lipinski definition) is 5. The number of methoxy groups -OCH3 is 1. The van der Waals surface area contributed by atoms with E-state index < -0.39 is 0 Å². The summed E-state index contributed by atoms with van der Waals surface area (Å²) in [6.45, 7) is 2.86. The summed E-state index contributed by atoms with van der Waals surface area (Å²) in [6, 6.07) is 16.9. The maximum Gasteiger partial charge on any atom is 0.224 e. The summed E-state index contributed by atoms with van der Waals surface area (Å²) in [7, 11) is 1.62. The fourth-order valence-electron chi connectivity index (χ4n) is 2.61. The maximum absolute atomic E-state index is 12.1. The van der Waals surface area contributed by atoms with Crippen molar-refractivity contribution in [3.05, 3.63) is 65.9 Å². The van der Waals surface area contributed by atoms with Crippen molar-refractivity contribution in [3.63, 3.8) is 0 Å². The fourth-order valence-corrected chi connectivity index (χ4v) is 2.61. The zero-order valence-electron chi connectivity index (χ0n) is 15.4. The molecule has 1 N–H and O–H groups in total. The molecule has 27 heavy (non-hydrogen) atoms. The Kier molecular flexibility index (Phi) is 6.10. The van der Waals surface area contributed by atoms with Gasteiger partial charge in [-0.3, -0.25) is 4.79 Å². The molecule has 0 saturated heterocycles. The van der Waals surface area contributed by atoms with Crippen LogP contribution >= 0.6 is 0 Å². The van der Waals surface area contributed by atoms with Gasteiger partial charge in [-0.25, -0.2) is 0 Å². The van der Waals surface area contributed by atoms with Crippen LogP contribution in [0.5, 0.6) is 11.5 Å². The van der Waals surface area contributed by atoms with Gasteiger partial charge in [-0.05, 0) is 36.8 Å². The number of aromatic nitrogens is 1. The molecule has 6 heteroatoms. The molecule has 0 fully saturated rings. The van der Waals surface area contributed by atoms with Crippen LogP contribution in [0.1, 0.15) is 18.2 Å². The second kappa shape index (κ2) is 8.89. The van der Waals surface area contributed by atoms with Crippen LogP contribution in [0.4, 0.5) is 0 Å². The Morgan fingerprint density at radius 2 is 1.93 bits per heavy atom. The second-order valence-corrected chi connectivity index (χ2v) is 5.94. The minimum Gasteiger partial charge on any atom is -0.497 e. The zero-order chi connectivity index (χ0) is 19.1. The summed E-state index contributed by atoms with van der Waals surface area (Å²) in [5, 5.41) is 6.87. The topological polar surface area (TPSA) is 73.6 Å². The van der Waals surface area contributed by atoms with Crippen molar-refractivity contribution in [2.75, 3.05) is 13.7 Å². The van der Waals surface area contributed by atoms with Crippen LogP contribution in [0.2, 0.25) is 0 Å². The van der Waals surface area contributed by atoms with Crippen LogP contribution in [0.25, 0.3) is 11.3 Å². The van der Waals surface area contributed by atoms with Gasteiger partial charge >= 0.3 is 0 Å². The van der Waals surface area contributed by atoms with Gasteiger partial charge in [0, 0.05) is 11.6 Å². The van der Waals surface area contributed by atoms with Crippen LogP contribution in [0.3, 0.4) is 0 Å². The van der Waals surface area contributed by atoms with Gasteiger partial charge in [-0.2, -0.15) is 0 Å². The molecule has 0 spiro atoms. The number of amides is 1. The van der Waals surface area contributed by atoms with E-state index in [-0.39, 0.29) is 5.91 Å². The maximum atomic E-state index is 12.1. The molecule has 140 valence electrons. The monoisotopic (exact) mass is 366 g/mol. The summed E-state index contributed by atoms with van der Waals surface area (Å²) in [4.78, 5) is 12.1. The van der Waals surface area contributed by atoms with Crippen molar-refractivity contribution < 1.29 is 18.8 Å². The molecular weight excluding hydrogens is 344 g/mol. The first kappa shape index (κ1) is 18.5. The average Bonchev–Trinajstić information content (AvgIpc) is 3.17. The van der Waals surface area contributed by atoms with Crippen LogP contribution in [0.15, 0.2) is 59.1 Å². The fraction of sp³-hybridized carbons (Fsp3) is 0.238. The highest BCUT2D eigenvalue weighted by atomic mass is 16.5. The van der Waals surface area contributed by atoms with Crippen molar-refractivity contribution in [1.29, 1.82) is 0 Å². The zero-order valence-corrected chi connectivity index (χ0v) is 15.4. The van der Waals surface area contributed by atoms with E-state index in [9.17, 15) is 4.79 Å². The third-order valence-corrected chi connectivity index (χ3v) is 3.98. The molecule has 1 aromatic heterocycles. The SMILES string of the molecule is CCOc1ccc(CC(=O)NCc2cc(-c3cccc(OC)c3)on2)cc1. The third kappa shape index (κ3) is 5.10. The van der Waals surface area contributed by atoms with E-state index in [1.807, 2.05) is 61.5 Å². The molecule has 3 rings (SSSR count). The van der Waals surface area contributed by atoms with Crippen LogP contribution in [-0.4, -0.2) is 24.8 Å². The van der Waals surface area contributed by atoms with E-state index in [0.29, 0.717) is 31.0 Å². The molecular formula is C21H22N2O4. The molecule has 1 heterocycles. The molecule has 3 aromatic rings. The standard InChI is InChI=1S/C21H22N2O4/c1-3-26-18-9-7-15(8-10-18)11-21(24)22-14-17-13-20(27-23-17)16-5-4-6-19(12-16)25-2/h4-10,12-13H,3,11,14H2,1-2H3,(H,22,24). The molecule has 0 aliphatic rings. The van der Waals surface area contributed by atoms with E-state index in [2.05, 4.69) is 10.5 Å². The second-order valence-electron chi connectivity index (χ2n) is 5.94. The lowest BCUT2D eigenvalue weighted by atomic mass is 10.1. The lowest BCUT2D eigenvalue weighted by Gasteiger charge is -2.05. The normalized spacial score (nSPS) is 10.4. The van der Waals surface area contributed by atoms with Crippen molar-refractivity contribution in [2.45, 2.75) is 19.9 Å². The number of benzene rings is 2. The predicted octanol–water partition coefficient (Wildman–Crippen LogP) is 3.61. The molecule has 0 radical (unpaired) electrons. The van der Waals surface area contributed by atoms with E-state index in [0.717, 1.165) is 22.6 Å². The first-order valence-electron chi connectivity index (χ1n) is 8.76. The number of nitrogens with one attached hydrogen (secondary N) is 1. The Labute approximate surface area is 158 Å². The van der Waals surface area contributed by atoms with Crippen molar-refractivity contribution in [2.24, 2.45) is 0 Å². The molecule has 0 aliphatic heterocycles. The van der Waals surface area contributed by atoms with Gasteiger partial charge in [-0.1, -0.05) is 29.4 Å². The number of nitrogens with zero attached hydrogens (tertiary/aromatic N) is 1. The van der Waals surface area contributed by atoms with Gasteiger partial charge in [0.2, 0.25) is 5.91 Å². The Hall–Kier alpha value is -3.28. The molecule has 1 amide bonds. The summed E-state index contributed by atoms with van der Waals surface area (Å²) in [6.07, 6.45) is 0.299. The molecule has 2 aromatic carbocycles. The van der Waals surface area contributed by atoms with Crippen LogP contribution in [0, 0.1) is 0 Å². The van der Waals surface area contributed by atoms with Crippen LogP contribution in [-0.2, 0) is 17.8 Å². The third-order valence-electron chi connectivity index (χ3n) is 3.98. The van der Waals surface area contributed by atoms with E-state index in [1.165, 1.54) is 0 Å². The molecule has 0 bridgehead atoms. The first-order valence-corrected chi connectivity index (χ1v) is 8.76. The summed E-state index contributed by atoms with van der Waals surface area (Å²) >= 11 is 0. The van der Waals surface area contributed by atoms with Gasteiger partial charge in [0.05, 0.1) is 26.7 Å². The van der Waals surface area contributed by atoms with E-state index in [4.69, 9.17) is 14.0 Å². The van der Waals surface area contributed by atoms with Gasteiger partial charge in [0.15, 0.2) is 5.76 Å². The number of carbonyl (C=O) groups is 1. The molecule has 0 atom stereocenters. The Morgan fingerprint density at radius 1 is 1.11 bits per heavy atom. The minimum absolute atomic E-state index is 0.0786. The van der Waals surface area contributed by atoms with Gasteiger partial charge in [-0.15, -0.1) is 0 Å². The average molecular weight is 366 g/mol. The van der Waals surface area contributed by atoms with E-state index in [1.54, 1.807) is 7.11 Å². The molecule has 0 aliphatic carbocycles. The van der Waals surface area contributed by atoms with Crippen molar-refractivity contribution in [1.82, 2.24) is 10.5 Å². The number of carbonyl (C=O) groups excluding carboxylic acids is 1. The quantitative estimate of drug-likeness (QED) is 0.659. The van der Waals surface area contributed by atoms with Gasteiger partial charge in [0.25, 0.3) is 0 Å². The highest BCUT2D eigenvalue weighted by molar-refractivity contribution is 5.78. The lowest BCUT2D eigenvalue weighted by molar-refractivity contribution is -0.120. The van der Waals surface area contributed by atoms with Gasteiger partial charge in [0.1, 0.15) is 17.2 Å². The van der Waals surface area contributed by atoms with Crippen molar-refractivity contribution in [3.8, 4) is 22.8 Å². The summed E-state index contributed by atoms with van der Waals surface area (Å²) in [5.74, 6) is 2.10. The largest absolute Gasteiger partial charge is 0.497 e. The number of ether oxygens (including phenoxy) is 2. The van der Waals surface area contributed by atoms with Crippen molar-refractivity contribution >= 4 is 5.91 Å². The molecule has 0 unspecified atom stereocenters. The Balaban J connectivity index is 1.54. The highest BCUT2D eigenvalue weighted by Gasteiger charge is 2.09. The molecule has 0 saturated carbocycles. The smallest absolute Gasteiger partial charge is 0.224 e. The first-order chi connectivity index (χ1) is 13.2.